The molecule has 0 unspecified atom stereocenters. The lowest BCUT2D eigenvalue weighted by atomic mass is 9.83. The number of carbonyl (C=O) groups is 1. The Balaban J connectivity index is 1.67. The van der Waals surface area contributed by atoms with Crippen LogP contribution in [0.25, 0.3) is 11.3 Å². The summed E-state index contributed by atoms with van der Waals surface area (Å²) in [5.41, 5.74) is 3.16. The van der Waals surface area contributed by atoms with Crippen molar-refractivity contribution in [2.45, 2.75) is 59.5 Å². The Bertz CT molecular complexity index is 1300. The Labute approximate surface area is 222 Å². The highest BCUT2D eigenvalue weighted by atomic mass is 19.1. The first kappa shape index (κ1) is 27.3. The number of aromatic nitrogens is 3. The lowest BCUT2D eigenvalue weighted by Gasteiger charge is -2.24. The quantitative estimate of drug-likeness (QED) is 0.205. The van der Waals surface area contributed by atoms with Crippen LogP contribution >= 0.6 is 0 Å². The second kappa shape index (κ2) is 11.3. The molecular formula is C29H35FN4O4. The second-order valence-corrected chi connectivity index (χ2v) is 10.4. The molecule has 202 valence electrons. The van der Waals surface area contributed by atoms with E-state index in [2.05, 4.69) is 41.9 Å². The molecule has 9 heteroatoms. The highest BCUT2D eigenvalue weighted by molar-refractivity contribution is 5.72. The van der Waals surface area contributed by atoms with Gasteiger partial charge in [0.1, 0.15) is 29.6 Å². The van der Waals surface area contributed by atoms with Crippen molar-refractivity contribution in [1.29, 1.82) is 0 Å². The molecule has 1 aromatic carbocycles. The second-order valence-electron chi connectivity index (χ2n) is 10.4. The molecule has 0 amide bonds. The van der Waals surface area contributed by atoms with Gasteiger partial charge in [0.2, 0.25) is 5.88 Å². The van der Waals surface area contributed by atoms with Gasteiger partial charge in [0.05, 0.1) is 19.2 Å². The maximum Gasteiger partial charge on any atom is 0.303 e. The van der Waals surface area contributed by atoms with Crippen LogP contribution in [0.4, 0.5) is 4.39 Å². The van der Waals surface area contributed by atoms with Crippen molar-refractivity contribution in [1.82, 2.24) is 15.0 Å². The summed E-state index contributed by atoms with van der Waals surface area (Å²) < 4.78 is 27.8. The SMILES string of the molecule is C=N/C(=C\C(=C/C)[C@@H](CC(=O)O)C1CC1)OCc1nnn(-c2cc(OC)ccc2F)c1C1=CCCC1(C)C. The number of carboxylic acids is 1. The molecule has 1 heterocycles. The van der Waals surface area contributed by atoms with Gasteiger partial charge in [-0.25, -0.2) is 14.1 Å². The van der Waals surface area contributed by atoms with Gasteiger partial charge in [-0.3, -0.25) is 4.79 Å². The van der Waals surface area contributed by atoms with Gasteiger partial charge >= 0.3 is 5.97 Å². The number of allylic oxidation sites excluding steroid dienone is 5. The van der Waals surface area contributed by atoms with Gasteiger partial charge in [-0.1, -0.05) is 31.2 Å². The number of rotatable bonds is 12. The normalized spacial score (nSPS) is 18.2. The number of hydrogen-bond acceptors (Lipinski definition) is 6. The van der Waals surface area contributed by atoms with E-state index in [9.17, 15) is 14.3 Å². The molecule has 0 saturated heterocycles. The largest absolute Gasteiger partial charge is 0.497 e. The maximum atomic E-state index is 15.0. The van der Waals surface area contributed by atoms with E-state index in [0.717, 1.165) is 36.8 Å². The molecule has 1 fully saturated rings. The van der Waals surface area contributed by atoms with Gasteiger partial charge in [0.25, 0.3) is 0 Å². The van der Waals surface area contributed by atoms with Crippen molar-refractivity contribution in [2.75, 3.05) is 7.11 Å². The molecule has 1 N–H and O–H groups in total. The van der Waals surface area contributed by atoms with E-state index in [4.69, 9.17) is 9.47 Å². The van der Waals surface area contributed by atoms with E-state index >= 15 is 0 Å². The molecule has 2 aromatic rings. The number of halogens is 1. The Morgan fingerprint density at radius 3 is 2.74 bits per heavy atom. The molecule has 1 saturated carbocycles. The Kier molecular flexibility index (Phi) is 8.14. The molecule has 0 aliphatic heterocycles. The molecule has 2 aliphatic carbocycles. The predicted molar refractivity (Wildman–Crippen MR) is 144 cm³/mol. The van der Waals surface area contributed by atoms with Gasteiger partial charge in [-0.15, -0.1) is 5.10 Å². The van der Waals surface area contributed by atoms with Crippen LogP contribution in [-0.2, 0) is 16.1 Å². The Morgan fingerprint density at radius 2 is 2.16 bits per heavy atom. The lowest BCUT2D eigenvalue weighted by Crippen LogP contribution is -2.15. The topological polar surface area (TPSA) is 98.8 Å². The van der Waals surface area contributed by atoms with Crippen molar-refractivity contribution < 1.29 is 23.8 Å². The minimum atomic E-state index is -0.831. The zero-order chi connectivity index (χ0) is 27.4. The minimum Gasteiger partial charge on any atom is -0.497 e. The van der Waals surface area contributed by atoms with Crippen LogP contribution in [0.2, 0.25) is 0 Å². The van der Waals surface area contributed by atoms with Crippen LogP contribution in [0, 0.1) is 23.1 Å². The van der Waals surface area contributed by atoms with Crippen LogP contribution < -0.4 is 4.74 Å². The standard InChI is InChI=1S/C29H35FN4O4/c1-6-18(21(16-27(35)36)19-9-10-19)14-26(31-4)38-17-24-28(22-8-7-13-29(22,2)3)34(33-32-24)25-15-20(37-5)11-12-23(25)30/h6,8,11-12,14-15,19,21H,4,7,9-10,13,16-17H2,1-3,5H3,(H,35,36)/b18-6+,26-14+/t21-/m1/s1. The summed E-state index contributed by atoms with van der Waals surface area (Å²) in [6.45, 7) is 9.84. The summed E-state index contributed by atoms with van der Waals surface area (Å²) in [6.07, 6.45) is 9.72. The summed E-state index contributed by atoms with van der Waals surface area (Å²) in [5.74, 6) is -0.262. The first-order valence-electron chi connectivity index (χ1n) is 12.9. The average molecular weight is 523 g/mol. The van der Waals surface area contributed by atoms with Crippen molar-refractivity contribution >= 4 is 18.3 Å². The molecule has 4 rings (SSSR count). The fourth-order valence-corrected chi connectivity index (χ4v) is 5.10. The molecule has 0 bridgehead atoms. The van der Waals surface area contributed by atoms with Gasteiger partial charge in [0, 0.05) is 12.1 Å². The Morgan fingerprint density at radius 1 is 1.39 bits per heavy atom. The van der Waals surface area contributed by atoms with Crippen LogP contribution in [-0.4, -0.2) is 39.9 Å². The predicted octanol–water partition coefficient (Wildman–Crippen LogP) is 6.12. The summed E-state index contributed by atoms with van der Waals surface area (Å²) in [7, 11) is 1.53. The van der Waals surface area contributed by atoms with Crippen molar-refractivity contribution in [3.8, 4) is 11.4 Å². The third-order valence-electron chi connectivity index (χ3n) is 7.37. The smallest absolute Gasteiger partial charge is 0.303 e. The highest BCUT2D eigenvalue weighted by Crippen LogP contribution is 2.46. The number of aliphatic carboxylic acids is 1. The molecule has 0 radical (unpaired) electrons. The third kappa shape index (κ3) is 5.87. The maximum absolute atomic E-state index is 15.0. The van der Waals surface area contributed by atoms with E-state index < -0.39 is 11.8 Å². The van der Waals surface area contributed by atoms with E-state index in [0.29, 0.717) is 23.1 Å². The number of aliphatic imine (C=N–C) groups is 1. The number of hydrogen-bond donors (Lipinski definition) is 1. The molecule has 0 spiro atoms. The summed E-state index contributed by atoms with van der Waals surface area (Å²) in [6, 6.07) is 4.50. The molecule has 1 aromatic heterocycles. The third-order valence-corrected chi connectivity index (χ3v) is 7.37. The van der Waals surface area contributed by atoms with Crippen LogP contribution in [0.5, 0.6) is 5.75 Å². The monoisotopic (exact) mass is 522 g/mol. The van der Waals surface area contributed by atoms with E-state index in [1.807, 2.05) is 13.0 Å². The molecular weight excluding hydrogens is 487 g/mol. The fourth-order valence-electron chi connectivity index (χ4n) is 5.10. The Hall–Kier alpha value is -3.75. The van der Waals surface area contributed by atoms with Crippen LogP contribution in [0.15, 0.2) is 52.9 Å². The van der Waals surface area contributed by atoms with Crippen molar-refractivity contribution in [3.63, 3.8) is 0 Å². The number of ether oxygens (including phenoxy) is 2. The first-order chi connectivity index (χ1) is 18.2. The minimum absolute atomic E-state index is 0.0310. The summed E-state index contributed by atoms with van der Waals surface area (Å²) >= 11 is 0. The summed E-state index contributed by atoms with van der Waals surface area (Å²) in [5, 5.41) is 18.1. The lowest BCUT2D eigenvalue weighted by molar-refractivity contribution is -0.137. The van der Waals surface area contributed by atoms with E-state index in [-0.39, 0.29) is 35.9 Å². The molecule has 1 atom stereocenters. The van der Waals surface area contributed by atoms with Gasteiger partial charge in [-0.2, -0.15) is 0 Å². The fraction of sp³-hybridized carbons (Fsp3) is 0.448. The zero-order valence-electron chi connectivity index (χ0n) is 22.4. The van der Waals surface area contributed by atoms with E-state index in [1.165, 1.54) is 17.9 Å². The number of methoxy groups -OCH3 is 1. The highest BCUT2D eigenvalue weighted by Gasteiger charge is 2.35. The van der Waals surface area contributed by atoms with Crippen molar-refractivity contribution in [2.24, 2.45) is 22.2 Å². The molecule has 8 nitrogen and oxygen atoms in total. The van der Waals surface area contributed by atoms with Crippen molar-refractivity contribution in [3.05, 3.63) is 65.1 Å². The van der Waals surface area contributed by atoms with Gasteiger partial charge < -0.3 is 14.6 Å². The number of benzene rings is 1. The summed E-state index contributed by atoms with van der Waals surface area (Å²) in [4.78, 5) is 15.5. The van der Waals surface area contributed by atoms with E-state index in [1.54, 1.807) is 18.2 Å². The zero-order valence-corrected chi connectivity index (χ0v) is 22.4. The number of carboxylic acid groups (broad SMARTS) is 1. The van der Waals surface area contributed by atoms with Gasteiger partial charge in [0.15, 0.2) is 0 Å². The van der Waals surface area contributed by atoms with Crippen LogP contribution in [0.1, 0.15) is 64.3 Å². The first-order valence-corrected chi connectivity index (χ1v) is 12.9. The van der Waals surface area contributed by atoms with Crippen LogP contribution in [0.3, 0.4) is 0 Å². The molecule has 38 heavy (non-hydrogen) atoms. The number of nitrogens with zero attached hydrogens (tertiary/aromatic N) is 4. The van der Waals surface area contributed by atoms with Gasteiger partial charge in [-0.05, 0) is 79.9 Å². The average Bonchev–Trinajstić information content (AvgIpc) is 3.56. The molecule has 2 aliphatic rings.